The summed E-state index contributed by atoms with van der Waals surface area (Å²) in [7, 11) is 0. The van der Waals surface area contributed by atoms with E-state index < -0.39 is 6.09 Å². The van der Waals surface area contributed by atoms with Gasteiger partial charge < -0.3 is 20.5 Å². The second kappa shape index (κ2) is 4.59. The standard InChI is InChI=1S/C13H16N2O3/c14-10-9-6-7-17-12(9)11(10)15-13(16)18-8-4-2-1-3-5-8/h1-5,9-12H,6-7,14H2,(H,15,16). The van der Waals surface area contributed by atoms with Crippen molar-refractivity contribution >= 4 is 6.09 Å². The summed E-state index contributed by atoms with van der Waals surface area (Å²) in [5.74, 6) is 0.902. The smallest absolute Gasteiger partial charge is 0.410 e. The van der Waals surface area contributed by atoms with E-state index in [1.807, 2.05) is 18.2 Å². The van der Waals surface area contributed by atoms with E-state index in [1.165, 1.54) is 0 Å². The van der Waals surface area contributed by atoms with Gasteiger partial charge in [0.15, 0.2) is 0 Å². The Morgan fingerprint density at radius 2 is 2.17 bits per heavy atom. The molecule has 1 aromatic rings. The Morgan fingerprint density at radius 3 is 2.94 bits per heavy atom. The van der Waals surface area contributed by atoms with Crippen LogP contribution in [0.3, 0.4) is 0 Å². The summed E-state index contributed by atoms with van der Waals surface area (Å²) in [5, 5.41) is 2.77. The van der Waals surface area contributed by atoms with Crippen LogP contribution < -0.4 is 15.8 Å². The van der Waals surface area contributed by atoms with Crippen molar-refractivity contribution < 1.29 is 14.3 Å². The fraction of sp³-hybridized carbons (Fsp3) is 0.462. The second-order valence-electron chi connectivity index (χ2n) is 4.74. The topological polar surface area (TPSA) is 73.6 Å². The van der Waals surface area contributed by atoms with E-state index in [2.05, 4.69) is 5.32 Å². The number of rotatable bonds is 2. The molecule has 1 aliphatic carbocycles. The highest BCUT2D eigenvalue weighted by atomic mass is 16.6. The van der Waals surface area contributed by atoms with Gasteiger partial charge in [-0.05, 0) is 18.6 Å². The highest BCUT2D eigenvalue weighted by molar-refractivity contribution is 5.71. The Balaban J connectivity index is 1.56. The van der Waals surface area contributed by atoms with Gasteiger partial charge in [-0.15, -0.1) is 0 Å². The number of nitrogens with one attached hydrogen (secondary N) is 1. The highest BCUT2D eigenvalue weighted by Crippen LogP contribution is 2.37. The molecule has 1 saturated heterocycles. The lowest BCUT2D eigenvalue weighted by Crippen LogP contribution is -2.69. The van der Waals surface area contributed by atoms with Crippen molar-refractivity contribution in [3.63, 3.8) is 0 Å². The summed E-state index contributed by atoms with van der Waals surface area (Å²) in [6, 6.07) is 8.80. The zero-order chi connectivity index (χ0) is 12.5. The van der Waals surface area contributed by atoms with Crippen molar-refractivity contribution in [3.05, 3.63) is 30.3 Å². The molecule has 5 heteroatoms. The van der Waals surface area contributed by atoms with E-state index in [4.69, 9.17) is 15.2 Å². The fourth-order valence-corrected chi connectivity index (χ4v) is 2.69. The van der Waals surface area contributed by atoms with Gasteiger partial charge in [-0.1, -0.05) is 18.2 Å². The summed E-state index contributed by atoms with van der Waals surface area (Å²) in [4.78, 5) is 11.7. The molecular weight excluding hydrogens is 232 g/mol. The largest absolute Gasteiger partial charge is 0.412 e. The Labute approximate surface area is 105 Å². The van der Waals surface area contributed by atoms with Crippen molar-refractivity contribution in [3.8, 4) is 5.75 Å². The first-order valence-corrected chi connectivity index (χ1v) is 6.16. The molecule has 1 heterocycles. The van der Waals surface area contributed by atoms with E-state index in [1.54, 1.807) is 12.1 Å². The molecular formula is C13H16N2O3. The number of carbonyl (C=O) groups excluding carboxylic acids is 1. The first-order valence-electron chi connectivity index (χ1n) is 6.16. The molecule has 0 bridgehead atoms. The summed E-state index contributed by atoms with van der Waals surface area (Å²) in [6.07, 6.45) is 0.566. The first kappa shape index (κ1) is 11.5. The van der Waals surface area contributed by atoms with Crippen molar-refractivity contribution in [2.45, 2.75) is 24.6 Å². The summed E-state index contributed by atoms with van der Waals surface area (Å²) in [6.45, 7) is 0.731. The molecule has 2 fully saturated rings. The Morgan fingerprint density at radius 1 is 1.39 bits per heavy atom. The molecule has 18 heavy (non-hydrogen) atoms. The predicted molar refractivity (Wildman–Crippen MR) is 65.2 cm³/mol. The minimum atomic E-state index is -0.476. The summed E-state index contributed by atoms with van der Waals surface area (Å²) >= 11 is 0. The first-order chi connectivity index (χ1) is 8.75. The van der Waals surface area contributed by atoms with Crippen molar-refractivity contribution in [1.29, 1.82) is 0 Å². The molecule has 4 unspecified atom stereocenters. The Hall–Kier alpha value is -1.59. The van der Waals surface area contributed by atoms with Gasteiger partial charge >= 0.3 is 6.09 Å². The van der Waals surface area contributed by atoms with Crippen LogP contribution in [0.5, 0.6) is 5.75 Å². The van der Waals surface area contributed by atoms with Crippen LogP contribution in [-0.4, -0.2) is 30.9 Å². The number of benzene rings is 1. The maximum Gasteiger partial charge on any atom is 0.412 e. The van der Waals surface area contributed by atoms with Crippen LogP contribution in [-0.2, 0) is 4.74 Å². The van der Waals surface area contributed by atoms with Crippen LogP contribution in [0.2, 0.25) is 0 Å². The van der Waals surface area contributed by atoms with E-state index >= 15 is 0 Å². The van der Waals surface area contributed by atoms with Gasteiger partial charge in [-0.25, -0.2) is 4.79 Å². The van der Waals surface area contributed by atoms with Crippen LogP contribution in [0.15, 0.2) is 30.3 Å². The monoisotopic (exact) mass is 248 g/mol. The molecule has 1 aliphatic heterocycles. The zero-order valence-corrected chi connectivity index (χ0v) is 9.91. The van der Waals surface area contributed by atoms with Crippen LogP contribution in [0, 0.1) is 5.92 Å². The molecule has 0 radical (unpaired) electrons. The van der Waals surface area contributed by atoms with Gasteiger partial charge in [-0.3, -0.25) is 0 Å². The van der Waals surface area contributed by atoms with E-state index in [0.29, 0.717) is 11.7 Å². The van der Waals surface area contributed by atoms with Crippen LogP contribution in [0.25, 0.3) is 0 Å². The Bertz CT molecular complexity index is 437. The average Bonchev–Trinajstić information content (AvgIpc) is 2.82. The molecule has 4 atom stereocenters. The number of amides is 1. The summed E-state index contributed by atoms with van der Waals surface area (Å²) < 4.78 is 10.7. The van der Waals surface area contributed by atoms with E-state index in [-0.39, 0.29) is 18.2 Å². The molecule has 1 aromatic carbocycles. The minimum Gasteiger partial charge on any atom is -0.410 e. The van der Waals surface area contributed by atoms with Gasteiger partial charge in [0.25, 0.3) is 0 Å². The van der Waals surface area contributed by atoms with Gasteiger partial charge in [0.1, 0.15) is 5.75 Å². The molecule has 2 aliphatic rings. The van der Waals surface area contributed by atoms with Crippen molar-refractivity contribution in [2.24, 2.45) is 11.7 Å². The van der Waals surface area contributed by atoms with E-state index in [0.717, 1.165) is 13.0 Å². The Kier molecular flexibility index (Phi) is 2.93. The second-order valence-corrected chi connectivity index (χ2v) is 4.74. The third-order valence-electron chi connectivity index (χ3n) is 3.68. The third kappa shape index (κ3) is 1.95. The van der Waals surface area contributed by atoms with Crippen molar-refractivity contribution in [1.82, 2.24) is 5.32 Å². The van der Waals surface area contributed by atoms with Gasteiger partial charge in [-0.2, -0.15) is 0 Å². The number of ether oxygens (including phenoxy) is 2. The normalized spacial score (nSPS) is 33.4. The average molecular weight is 248 g/mol. The number of hydrogen-bond donors (Lipinski definition) is 2. The molecule has 5 nitrogen and oxygen atoms in total. The lowest BCUT2D eigenvalue weighted by atomic mass is 9.72. The molecule has 1 saturated carbocycles. The maximum absolute atomic E-state index is 11.7. The summed E-state index contributed by atoms with van der Waals surface area (Å²) in [5.41, 5.74) is 6.00. The fourth-order valence-electron chi connectivity index (χ4n) is 2.69. The lowest BCUT2D eigenvalue weighted by Gasteiger charge is -2.45. The third-order valence-corrected chi connectivity index (χ3v) is 3.68. The van der Waals surface area contributed by atoms with Gasteiger partial charge in [0, 0.05) is 18.6 Å². The maximum atomic E-state index is 11.7. The number of nitrogens with two attached hydrogens (primary N) is 1. The number of hydrogen-bond acceptors (Lipinski definition) is 4. The lowest BCUT2D eigenvalue weighted by molar-refractivity contribution is -0.0156. The van der Waals surface area contributed by atoms with Gasteiger partial charge in [0.05, 0.1) is 12.1 Å². The quantitative estimate of drug-likeness (QED) is 0.815. The molecule has 3 rings (SSSR count). The zero-order valence-electron chi connectivity index (χ0n) is 9.91. The molecule has 0 spiro atoms. The van der Waals surface area contributed by atoms with Crippen LogP contribution >= 0.6 is 0 Å². The number of para-hydroxylation sites is 1. The van der Waals surface area contributed by atoms with Crippen molar-refractivity contribution in [2.75, 3.05) is 6.61 Å². The minimum absolute atomic E-state index is 0.0270. The molecule has 1 amide bonds. The van der Waals surface area contributed by atoms with Gasteiger partial charge in [0.2, 0.25) is 0 Å². The SMILES string of the molecule is NC1C2CCOC2C1NC(=O)Oc1ccccc1. The van der Waals surface area contributed by atoms with Crippen LogP contribution in [0.4, 0.5) is 4.79 Å². The van der Waals surface area contributed by atoms with E-state index in [9.17, 15) is 4.79 Å². The molecule has 96 valence electrons. The molecule has 3 N–H and O–H groups in total. The number of fused-ring (bicyclic) bond motifs is 1. The predicted octanol–water partition coefficient (Wildman–Crippen LogP) is 0.890. The van der Waals surface area contributed by atoms with Crippen LogP contribution in [0.1, 0.15) is 6.42 Å². The number of carbonyl (C=O) groups is 1. The highest BCUT2D eigenvalue weighted by Gasteiger charge is 2.52. The molecule has 0 aromatic heterocycles.